The molecule has 1 aromatic rings. The molecule has 0 aliphatic carbocycles. The lowest BCUT2D eigenvalue weighted by Gasteiger charge is -2.23. The molecular weight excluding hydrogens is 294 g/mol. The first-order valence-corrected chi connectivity index (χ1v) is 9.53. The van der Waals surface area contributed by atoms with Crippen molar-refractivity contribution in [1.82, 2.24) is 4.72 Å². The molecule has 114 valence electrons. The predicted molar refractivity (Wildman–Crippen MR) is 85.4 cm³/mol. The van der Waals surface area contributed by atoms with Gasteiger partial charge in [-0.1, -0.05) is 29.8 Å². The second-order valence-corrected chi connectivity index (χ2v) is 8.10. The van der Waals surface area contributed by atoms with Crippen LogP contribution in [0, 0.1) is 6.92 Å². The minimum Gasteiger partial charge on any atom is -0.389 e. The maximum atomic E-state index is 12.0. The van der Waals surface area contributed by atoms with E-state index in [1.165, 1.54) is 0 Å². The summed E-state index contributed by atoms with van der Waals surface area (Å²) >= 11 is 1.63. The van der Waals surface area contributed by atoms with Crippen LogP contribution in [0.15, 0.2) is 24.3 Å². The number of hydrogen-bond donors (Lipinski definition) is 2. The molecule has 2 N–H and O–H groups in total. The Hall–Kier alpha value is -0.560. The maximum absolute atomic E-state index is 12.0. The third-order valence-electron chi connectivity index (χ3n) is 2.96. The number of benzene rings is 1. The topological polar surface area (TPSA) is 66.4 Å². The average Bonchev–Trinajstić information content (AvgIpc) is 2.34. The van der Waals surface area contributed by atoms with Gasteiger partial charge in [0.2, 0.25) is 10.0 Å². The van der Waals surface area contributed by atoms with Gasteiger partial charge in [-0.2, -0.15) is 11.8 Å². The summed E-state index contributed by atoms with van der Waals surface area (Å²) < 4.78 is 26.5. The van der Waals surface area contributed by atoms with Crippen LogP contribution < -0.4 is 4.72 Å². The van der Waals surface area contributed by atoms with E-state index in [4.69, 9.17) is 0 Å². The fourth-order valence-electron chi connectivity index (χ4n) is 1.75. The first-order chi connectivity index (χ1) is 9.24. The molecule has 0 saturated carbocycles. The Morgan fingerprint density at radius 1 is 1.40 bits per heavy atom. The van der Waals surface area contributed by atoms with Gasteiger partial charge in [0, 0.05) is 6.54 Å². The van der Waals surface area contributed by atoms with Crippen LogP contribution in [0.25, 0.3) is 0 Å². The van der Waals surface area contributed by atoms with Crippen LogP contribution in [0.4, 0.5) is 0 Å². The van der Waals surface area contributed by atoms with E-state index in [0.717, 1.165) is 16.9 Å². The fourth-order valence-corrected chi connectivity index (χ4v) is 3.64. The lowest BCUT2D eigenvalue weighted by atomic mass is 10.1. The molecule has 0 aliphatic rings. The maximum Gasteiger partial charge on any atom is 0.215 e. The van der Waals surface area contributed by atoms with Gasteiger partial charge in [0.05, 0.1) is 11.4 Å². The van der Waals surface area contributed by atoms with E-state index in [-0.39, 0.29) is 12.3 Å². The summed E-state index contributed by atoms with van der Waals surface area (Å²) in [6, 6.07) is 7.41. The standard InChI is InChI=1S/C14H23NO3S2/c1-12-5-4-6-13(9-12)10-20(17,18)15-11-14(2,16)7-8-19-3/h4-6,9,15-16H,7-8,10-11H2,1-3H3/t14-/m1/s1. The molecule has 0 aliphatic heterocycles. The highest BCUT2D eigenvalue weighted by atomic mass is 32.2. The van der Waals surface area contributed by atoms with Crippen molar-refractivity contribution in [2.24, 2.45) is 0 Å². The monoisotopic (exact) mass is 317 g/mol. The summed E-state index contributed by atoms with van der Waals surface area (Å²) in [7, 11) is -3.43. The Labute approximate surface area is 126 Å². The molecule has 0 unspecified atom stereocenters. The minimum atomic E-state index is -3.43. The molecule has 0 amide bonds. The van der Waals surface area contributed by atoms with E-state index >= 15 is 0 Å². The van der Waals surface area contributed by atoms with Crippen molar-refractivity contribution in [1.29, 1.82) is 0 Å². The molecule has 20 heavy (non-hydrogen) atoms. The van der Waals surface area contributed by atoms with Crippen molar-refractivity contribution >= 4 is 21.8 Å². The Bertz CT molecular complexity index is 527. The van der Waals surface area contributed by atoms with Crippen LogP contribution in [0.1, 0.15) is 24.5 Å². The van der Waals surface area contributed by atoms with Crippen LogP contribution in [0.3, 0.4) is 0 Å². The Kier molecular flexibility index (Phi) is 6.51. The highest BCUT2D eigenvalue weighted by Crippen LogP contribution is 2.13. The summed E-state index contributed by atoms with van der Waals surface area (Å²) in [6.45, 7) is 3.62. The number of aliphatic hydroxyl groups is 1. The molecule has 0 radical (unpaired) electrons. The zero-order valence-corrected chi connectivity index (χ0v) is 13.9. The molecule has 0 aromatic heterocycles. The summed E-state index contributed by atoms with van der Waals surface area (Å²) in [4.78, 5) is 0. The largest absolute Gasteiger partial charge is 0.389 e. The molecule has 0 saturated heterocycles. The summed E-state index contributed by atoms with van der Waals surface area (Å²) in [5.74, 6) is 0.736. The number of thioether (sulfide) groups is 1. The lowest BCUT2D eigenvalue weighted by molar-refractivity contribution is 0.0626. The van der Waals surface area contributed by atoms with E-state index in [2.05, 4.69) is 4.72 Å². The van der Waals surface area contributed by atoms with Crippen molar-refractivity contribution in [2.75, 3.05) is 18.6 Å². The van der Waals surface area contributed by atoms with E-state index in [9.17, 15) is 13.5 Å². The second kappa shape index (κ2) is 7.45. The number of aryl methyl sites for hydroxylation is 1. The molecule has 1 aromatic carbocycles. The zero-order chi connectivity index (χ0) is 15.2. The average molecular weight is 317 g/mol. The SMILES string of the molecule is CSCC[C@@](C)(O)CNS(=O)(=O)Cc1cccc(C)c1. The van der Waals surface area contributed by atoms with E-state index in [1.54, 1.807) is 24.8 Å². The van der Waals surface area contributed by atoms with Crippen molar-refractivity contribution in [3.05, 3.63) is 35.4 Å². The number of sulfonamides is 1. The van der Waals surface area contributed by atoms with Crippen LogP contribution in [-0.2, 0) is 15.8 Å². The quantitative estimate of drug-likeness (QED) is 0.769. The van der Waals surface area contributed by atoms with Crippen molar-refractivity contribution in [3.8, 4) is 0 Å². The first kappa shape index (κ1) is 17.5. The van der Waals surface area contributed by atoms with E-state index < -0.39 is 15.6 Å². The number of rotatable bonds is 8. The minimum absolute atomic E-state index is 0.0434. The van der Waals surface area contributed by atoms with Crippen molar-refractivity contribution in [3.63, 3.8) is 0 Å². The molecule has 1 atom stereocenters. The third kappa shape index (κ3) is 6.74. The molecule has 0 bridgehead atoms. The zero-order valence-electron chi connectivity index (χ0n) is 12.2. The second-order valence-electron chi connectivity index (χ2n) is 5.31. The summed E-state index contributed by atoms with van der Waals surface area (Å²) in [5, 5.41) is 10.1. The van der Waals surface area contributed by atoms with Gasteiger partial charge in [0.25, 0.3) is 0 Å². The highest BCUT2D eigenvalue weighted by molar-refractivity contribution is 7.98. The van der Waals surface area contributed by atoms with Crippen LogP contribution >= 0.6 is 11.8 Å². The number of hydrogen-bond acceptors (Lipinski definition) is 4. The lowest BCUT2D eigenvalue weighted by Crippen LogP contribution is -2.41. The van der Waals surface area contributed by atoms with Crippen LogP contribution in [0.2, 0.25) is 0 Å². The molecule has 0 spiro atoms. The Morgan fingerprint density at radius 2 is 2.10 bits per heavy atom. The molecule has 0 heterocycles. The van der Waals surface area contributed by atoms with Gasteiger partial charge >= 0.3 is 0 Å². The van der Waals surface area contributed by atoms with Gasteiger partial charge in [0.1, 0.15) is 0 Å². The molecule has 0 fully saturated rings. The van der Waals surface area contributed by atoms with Gasteiger partial charge in [-0.3, -0.25) is 0 Å². The Morgan fingerprint density at radius 3 is 2.70 bits per heavy atom. The van der Waals surface area contributed by atoms with Crippen LogP contribution in [-0.4, -0.2) is 37.7 Å². The number of nitrogens with one attached hydrogen (secondary N) is 1. The summed E-state index contributed by atoms with van der Waals surface area (Å²) in [5.41, 5.74) is 0.772. The molecule has 6 heteroatoms. The van der Waals surface area contributed by atoms with Gasteiger partial charge in [-0.05, 0) is 37.8 Å². The summed E-state index contributed by atoms with van der Waals surface area (Å²) in [6.07, 6.45) is 2.51. The molecule has 4 nitrogen and oxygen atoms in total. The van der Waals surface area contributed by atoms with Gasteiger partial charge in [-0.15, -0.1) is 0 Å². The molecular formula is C14H23NO3S2. The van der Waals surface area contributed by atoms with Gasteiger partial charge in [-0.25, -0.2) is 13.1 Å². The van der Waals surface area contributed by atoms with Crippen LogP contribution in [0.5, 0.6) is 0 Å². The highest BCUT2D eigenvalue weighted by Gasteiger charge is 2.23. The van der Waals surface area contributed by atoms with E-state index in [0.29, 0.717) is 6.42 Å². The van der Waals surface area contributed by atoms with Crippen molar-refractivity contribution < 1.29 is 13.5 Å². The smallest absolute Gasteiger partial charge is 0.215 e. The van der Waals surface area contributed by atoms with Gasteiger partial charge < -0.3 is 5.11 Å². The predicted octanol–water partition coefficient (Wildman–Crippen LogP) is 1.92. The third-order valence-corrected chi connectivity index (χ3v) is 4.87. The first-order valence-electron chi connectivity index (χ1n) is 6.48. The Balaban J connectivity index is 2.58. The normalized spacial score (nSPS) is 15.0. The van der Waals surface area contributed by atoms with Crippen molar-refractivity contribution in [2.45, 2.75) is 31.6 Å². The fraction of sp³-hybridized carbons (Fsp3) is 0.571. The van der Waals surface area contributed by atoms with E-state index in [1.807, 2.05) is 31.4 Å². The van der Waals surface area contributed by atoms with Gasteiger partial charge in [0.15, 0.2) is 0 Å². The molecule has 1 rings (SSSR count).